The van der Waals surface area contributed by atoms with Gasteiger partial charge in [-0.3, -0.25) is 14.4 Å². The van der Waals surface area contributed by atoms with E-state index in [1.807, 2.05) is 36.6 Å². The Balaban J connectivity index is 1.29. The van der Waals surface area contributed by atoms with Crippen molar-refractivity contribution in [2.45, 2.75) is 13.3 Å². The molecule has 1 saturated heterocycles. The molecule has 0 atom stereocenters. The van der Waals surface area contributed by atoms with Crippen LogP contribution in [0.2, 0.25) is 0 Å². The summed E-state index contributed by atoms with van der Waals surface area (Å²) >= 11 is 2.38. The van der Waals surface area contributed by atoms with Crippen LogP contribution in [0.25, 0.3) is 27.2 Å². The molecule has 4 aromatic rings. The molecule has 1 aliphatic rings. The lowest BCUT2D eigenvalue weighted by atomic mass is 10.1. The third kappa shape index (κ3) is 4.84. The summed E-state index contributed by atoms with van der Waals surface area (Å²) < 4.78 is 31.2. The Bertz CT molecular complexity index is 1550. The van der Waals surface area contributed by atoms with E-state index < -0.39 is 11.2 Å². The molecule has 0 bridgehead atoms. The maximum atomic E-state index is 13.7. The van der Waals surface area contributed by atoms with Crippen LogP contribution < -0.4 is 14.9 Å². The Morgan fingerprint density at radius 2 is 1.81 bits per heavy atom. The van der Waals surface area contributed by atoms with Crippen LogP contribution in [-0.4, -0.2) is 24.1 Å². The molecule has 9 heteroatoms. The lowest BCUT2D eigenvalue weighted by Crippen LogP contribution is -2.15. The van der Waals surface area contributed by atoms with Gasteiger partial charge in [-0.1, -0.05) is 18.2 Å². The number of Topliss-reactive ketones (excluding diaryl/α,β-unsaturated/α-hetero) is 1. The number of halogens is 1. The van der Waals surface area contributed by atoms with Crippen LogP contribution >= 0.6 is 23.1 Å². The van der Waals surface area contributed by atoms with Gasteiger partial charge in [0.1, 0.15) is 30.4 Å². The molecule has 0 saturated carbocycles. The standard InChI is InChI=1S/C27H19FO6S2/c1-15(27-20(29)14-23(30)36-27)16-4-7-18(8-5-16)32-10-11-33-26-24(31)19-13-17(28)6-9-21(19)34-25(26)22-3-2-12-35-22/h2-9,12-13H,10-11,14H2,1H3/b27-15-. The van der Waals surface area contributed by atoms with E-state index in [1.54, 1.807) is 12.1 Å². The summed E-state index contributed by atoms with van der Waals surface area (Å²) in [6.07, 6.45) is -0.0583. The second-order valence-electron chi connectivity index (χ2n) is 7.96. The smallest absolute Gasteiger partial charge is 0.235 e. The third-order valence-corrected chi connectivity index (χ3v) is 7.53. The number of carbonyl (C=O) groups excluding carboxylic acids is 2. The van der Waals surface area contributed by atoms with Gasteiger partial charge in [0.2, 0.25) is 16.3 Å². The number of ketones is 1. The summed E-state index contributed by atoms with van der Waals surface area (Å²) in [7, 11) is 0. The molecule has 2 aromatic heterocycles. The van der Waals surface area contributed by atoms with Gasteiger partial charge in [0.25, 0.3) is 0 Å². The van der Waals surface area contributed by atoms with Crippen LogP contribution in [0.4, 0.5) is 4.39 Å². The number of hydrogen-bond acceptors (Lipinski definition) is 8. The van der Waals surface area contributed by atoms with Crippen LogP contribution in [-0.2, 0) is 9.59 Å². The van der Waals surface area contributed by atoms with E-state index in [1.165, 1.54) is 23.5 Å². The van der Waals surface area contributed by atoms with Crippen LogP contribution in [0, 0.1) is 5.82 Å². The molecule has 182 valence electrons. The fourth-order valence-corrected chi connectivity index (χ4v) is 5.38. The van der Waals surface area contributed by atoms with Crippen molar-refractivity contribution in [1.82, 2.24) is 0 Å². The summed E-state index contributed by atoms with van der Waals surface area (Å²) in [5.41, 5.74) is 1.41. The summed E-state index contributed by atoms with van der Waals surface area (Å²) in [5.74, 6) is 0.185. The summed E-state index contributed by atoms with van der Waals surface area (Å²) in [6, 6.07) is 14.6. The molecule has 1 fully saturated rings. The highest BCUT2D eigenvalue weighted by Gasteiger charge is 2.28. The molecule has 5 rings (SSSR count). The van der Waals surface area contributed by atoms with E-state index in [0.29, 0.717) is 16.4 Å². The number of hydrogen-bond donors (Lipinski definition) is 0. The van der Waals surface area contributed by atoms with Gasteiger partial charge in [0, 0.05) is 0 Å². The van der Waals surface area contributed by atoms with Crippen molar-refractivity contribution < 1.29 is 27.9 Å². The van der Waals surface area contributed by atoms with Crippen LogP contribution in [0.15, 0.2) is 74.1 Å². The zero-order valence-corrected chi connectivity index (χ0v) is 20.7. The van der Waals surface area contributed by atoms with Crippen molar-refractivity contribution in [2.75, 3.05) is 13.2 Å². The largest absolute Gasteiger partial charge is 0.490 e. The fourth-order valence-electron chi connectivity index (χ4n) is 3.79. The average molecular weight is 523 g/mol. The maximum Gasteiger partial charge on any atom is 0.235 e. The SMILES string of the molecule is C/C(=C1/SC(=O)CC1=O)c1ccc(OCCOc2c(-c3cccs3)oc3ccc(F)cc3c2=O)cc1. The summed E-state index contributed by atoms with van der Waals surface area (Å²) in [5, 5.41) is 1.83. The van der Waals surface area contributed by atoms with Gasteiger partial charge in [0.15, 0.2) is 11.5 Å². The number of fused-ring (bicyclic) bond motifs is 1. The molecular weight excluding hydrogens is 503 g/mol. The quantitative estimate of drug-likeness (QED) is 0.165. The lowest BCUT2D eigenvalue weighted by Gasteiger charge is -2.12. The molecule has 0 unspecified atom stereocenters. The molecule has 0 amide bonds. The Morgan fingerprint density at radius 3 is 2.50 bits per heavy atom. The number of rotatable bonds is 7. The van der Waals surface area contributed by atoms with Gasteiger partial charge in [0.05, 0.1) is 21.6 Å². The minimum absolute atomic E-state index is 0.00465. The normalized spacial score (nSPS) is 14.9. The van der Waals surface area contributed by atoms with Gasteiger partial charge in [-0.15, -0.1) is 11.3 Å². The number of allylic oxidation sites excluding steroid dienone is 2. The Labute approximate surface area is 213 Å². The predicted octanol–water partition coefficient (Wildman–Crippen LogP) is 6.08. The summed E-state index contributed by atoms with van der Waals surface area (Å²) in [4.78, 5) is 37.8. The lowest BCUT2D eigenvalue weighted by molar-refractivity contribution is -0.119. The van der Waals surface area contributed by atoms with E-state index in [4.69, 9.17) is 13.9 Å². The highest BCUT2D eigenvalue weighted by Crippen LogP contribution is 2.36. The van der Waals surface area contributed by atoms with E-state index in [2.05, 4.69) is 0 Å². The molecule has 1 aliphatic heterocycles. The fraction of sp³-hybridized carbons (Fsp3) is 0.148. The van der Waals surface area contributed by atoms with E-state index in [9.17, 15) is 18.8 Å². The molecule has 0 N–H and O–H groups in total. The number of thiophene rings is 1. The molecule has 3 heterocycles. The van der Waals surface area contributed by atoms with Crippen molar-refractivity contribution in [3.8, 4) is 22.1 Å². The van der Waals surface area contributed by atoms with Gasteiger partial charge < -0.3 is 13.9 Å². The number of ether oxygens (including phenoxy) is 2. The first-order valence-corrected chi connectivity index (χ1v) is 12.7. The molecule has 36 heavy (non-hydrogen) atoms. The molecule has 0 radical (unpaired) electrons. The highest BCUT2D eigenvalue weighted by atomic mass is 32.2. The molecule has 0 aliphatic carbocycles. The van der Waals surface area contributed by atoms with Crippen molar-refractivity contribution in [1.29, 1.82) is 0 Å². The molecule has 0 spiro atoms. The first kappa shape index (κ1) is 24.0. The van der Waals surface area contributed by atoms with E-state index in [-0.39, 0.29) is 47.3 Å². The first-order chi connectivity index (χ1) is 17.4. The predicted molar refractivity (Wildman–Crippen MR) is 138 cm³/mol. The number of carbonyl (C=O) groups is 2. The van der Waals surface area contributed by atoms with Gasteiger partial charge >= 0.3 is 0 Å². The summed E-state index contributed by atoms with van der Waals surface area (Å²) in [6.45, 7) is 2.02. The van der Waals surface area contributed by atoms with Gasteiger partial charge in [-0.05, 0) is 71.6 Å². The van der Waals surface area contributed by atoms with E-state index in [0.717, 1.165) is 33.8 Å². The maximum absolute atomic E-state index is 13.7. The Hall–Kier alpha value is -3.69. The van der Waals surface area contributed by atoms with E-state index >= 15 is 0 Å². The van der Waals surface area contributed by atoms with Crippen molar-refractivity contribution in [2.24, 2.45) is 0 Å². The minimum Gasteiger partial charge on any atom is -0.490 e. The Kier molecular flexibility index (Phi) is 6.75. The Morgan fingerprint density at radius 1 is 1.03 bits per heavy atom. The molecule has 2 aromatic carbocycles. The second kappa shape index (κ2) is 10.1. The minimum atomic E-state index is -0.537. The first-order valence-electron chi connectivity index (χ1n) is 11.0. The van der Waals surface area contributed by atoms with Crippen molar-refractivity contribution in [3.05, 3.63) is 86.5 Å². The van der Waals surface area contributed by atoms with Gasteiger partial charge in [-0.2, -0.15) is 0 Å². The van der Waals surface area contributed by atoms with Crippen molar-refractivity contribution in [3.63, 3.8) is 0 Å². The number of thioether (sulfide) groups is 1. The van der Waals surface area contributed by atoms with Crippen molar-refractivity contribution >= 4 is 50.5 Å². The number of benzene rings is 2. The molecule has 6 nitrogen and oxygen atoms in total. The van der Waals surface area contributed by atoms with Gasteiger partial charge in [-0.25, -0.2) is 4.39 Å². The second-order valence-corrected chi connectivity index (χ2v) is 9.97. The van der Waals surface area contributed by atoms with Crippen LogP contribution in [0.3, 0.4) is 0 Å². The average Bonchev–Trinajstić information content (AvgIpc) is 3.52. The van der Waals surface area contributed by atoms with Crippen LogP contribution in [0.5, 0.6) is 11.5 Å². The monoisotopic (exact) mass is 522 g/mol. The van der Waals surface area contributed by atoms with Crippen LogP contribution in [0.1, 0.15) is 18.9 Å². The third-order valence-electron chi connectivity index (χ3n) is 5.56. The molecular formula is C27H19FO6S2. The zero-order chi connectivity index (χ0) is 25.2. The highest BCUT2D eigenvalue weighted by molar-refractivity contribution is 8.18. The zero-order valence-electron chi connectivity index (χ0n) is 19.0. The topological polar surface area (TPSA) is 82.8 Å².